The van der Waals surface area contributed by atoms with E-state index in [1.54, 1.807) is 0 Å². The molecule has 0 amide bonds. The van der Waals surface area contributed by atoms with Crippen LogP contribution in [0.1, 0.15) is 39.5 Å². The minimum atomic E-state index is -2.26. The van der Waals surface area contributed by atoms with Gasteiger partial charge in [-0.05, 0) is 65.7 Å². The van der Waals surface area contributed by atoms with Gasteiger partial charge in [0.05, 0.1) is 0 Å². The maximum atomic E-state index is 6.21. The summed E-state index contributed by atoms with van der Waals surface area (Å²) in [4.78, 5) is 0. The molecule has 17 heavy (non-hydrogen) atoms. The number of hydrogen-bond donors (Lipinski definition) is 0. The second kappa shape index (κ2) is 6.29. The molecule has 0 aromatic rings. The van der Waals surface area contributed by atoms with Gasteiger partial charge in [0, 0.05) is 13.2 Å². The molecule has 0 aromatic carbocycles. The molecule has 4 nitrogen and oxygen atoms in total. The second-order valence-corrected chi connectivity index (χ2v) is 7.74. The van der Waals surface area contributed by atoms with E-state index in [0.29, 0.717) is 0 Å². The molecule has 2 aliphatic rings. The first kappa shape index (κ1) is 13.5. The van der Waals surface area contributed by atoms with Crippen LogP contribution < -0.4 is 0 Å². The lowest BCUT2D eigenvalue weighted by molar-refractivity contribution is 0.0766. The molecule has 0 N–H and O–H groups in total. The van der Waals surface area contributed by atoms with Gasteiger partial charge in [-0.1, -0.05) is 0 Å². The third-order valence-corrected chi connectivity index (χ3v) is 7.50. The van der Waals surface area contributed by atoms with E-state index in [-0.39, 0.29) is 0 Å². The van der Waals surface area contributed by atoms with Gasteiger partial charge in [-0.3, -0.25) is 9.13 Å². The highest BCUT2D eigenvalue weighted by atomic mass is 28.4. The summed E-state index contributed by atoms with van der Waals surface area (Å²) in [6.07, 6.45) is 5.18. The molecule has 2 rings (SSSR count). The topological polar surface area (TPSA) is 24.9 Å². The normalized spacial score (nSPS) is 23.6. The van der Waals surface area contributed by atoms with Crippen molar-refractivity contribution >= 4 is 8.88 Å². The SMILES string of the molecule is CCO[Si](OCC)(N1CCCC1)N1CCCC1. The molecule has 0 saturated carbocycles. The fraction of sp³-hybridized carbons (Fsp3) is 1.00. The predicted octanol–water partition coefficient (Wildman–Crippen LogP) is 1.69. The van der Waals surface area contributed by atoms with Crippen LogP contribution in [0.2, 0.25) is 0 Å². The predicted molar refractivity (Wildman–Crippen MR) is 70.6 cm³/mol. The maximum Gasteiger partial charge on any atom is 0.522 e. The lowest BCUT2D eigenvalue weighted by atomic mass is 10.4. The zero-order valence-corrected chi connectivity index (χ0v) is 12.3. The van der Waals surface area contributed by atoms with Crippen LogP contribution in [0.3, 0.4) is 0 Å². The molecule has 2 fully saturated rings. The van der Waals surface area contributed by atoms with Gasteiger partial charge in [-0.15, -0.1) is 0 Å². The van der Waals surface area contributed by atoms with E-state index in [2.05, 4.69) is 23.0 Å². The van der Waals surface area contributed by atoms with Crippen LogP contribution in [0, 0.1) is 0 Å². The highest BCUT2D eigenvalue weighted by Crippen LogP contribution is 2.27. The molecule has 0 radical (unpaired) electrons. The van der Waals surface area contributed by atoms with Crippen molar-refractivity contribution in [1.82, 2.24) is 9.13 Å². The van der Waals surface area contributed by atoms with Crippen LogP contribution in [0.25, 0.3) is 0 Å². The van der Waals surface area contributed by atoms with Crippen molar-refractivity contribution in [1.29, 1.82) is 0 Å². The first-order valence-corrected chi connectivity index (χ1v) is 8.82. The Hall–Kier alpha value is 0.0569. The largest absolute Gasteiger partial charge is 0.522 e. The Morgan fingerprint density at radius 3 is 1.41 bits per heavy atom. The van der Waals surface area contributed by atoms with Crippen LogP contribution >= 0.6 is 0 Å². The van der Waals surface area contributed by atoms with Crippen molar-refractivity contribution < 1.29 is 8.85 Å². The molecule has 2 saturated heterocycles. The molecule has 0 spiro atoms. The van der Waals surface area contributed by atoms with Crippen molar-refractivity contribution in [2.75, 3.05) is 39.4 Å². The highest BCUT2D eigenvalue weighted by molar-refractivity contribution is 6.61. The van der Waals surface area contributed by atoms with E-state index >= 15 is 0 Å². The Morgan fingerprint density at radius 2 is 1.12 bits per heavy atom. The minimum absolute atomic E-state index is 0.763. The summed E-state index contributed by atoms with van der Waals surface area (Å²) in [5.74, 6) is 0. The van der Waals surface area contributed by atoms with Crippen molar-refractivity contribution in [2.24, 2.45) is 0 Å². The van der Waals surface area contributed by atoms with E-state index in [9.17, 15) is 0 Å². The maximum absolute atomic E-state index is 6.21. The van der Waals surface area contributed by atoms with E-state index < -0.39 is 8.88 Å². The Balaban J connectivity index is 2.16. The molecule has 5 heteroatoms. The lowest BCUT2D eigenvalue weighted by Crippen LogP contribution is -2.68. The van der Waals surface area contributed by atoms with Crippen LogP contribution in [0.15, 0.2) is 0 Å². The Labute approximate surface area is 106 Å². The van der Waals surface area contributed by atoms with Crippen LogP contribution in [-0.4, -0.2) is 57.4 Å². The summed E-state index contributed by atoms with van der Waals surface area (Å²) in [5.41, 5.74) is 0. The van der Waals surface area contributed by atoms with Gasteiger partial charge < -0.3 is 8.85 Å². The summed E-state index contributed by atoms with van der Waals surface area (Å²) in [6, 6.07) is 0. The summed E-state index contributed by atoms with van der Waals surface area (Å²) in [6.45, 7) is 10.3. The fourth-order valence-corrected chi connectivity index (χ4v) is 6.71. The van der Waals surface area contributed by atoms with E-state index in [1.807, 2.05) is 0 Å². The van der Waals surface area contributed by atoms with Gasteiger partial charge in [0.1, 0.15) is 0 Å². The zero-order chi connectivity index (χ0) is 12.1. The average Bonchev–Trinajstić information content (AvgIpc) is 3.02. The molecule has 0 aromatic heterocycles. The average molecular weight is 258 g/mol. The molecular formula is C12H26N2O2Si. The van der Waals surface area contributed by atoms with Crippen molar-refractivity contribution in [3.63, 3.8) is 0 Å². The Bertz CT molecular complexity index is 205. The monoisotopic (exact) mass is 258 g/mol. The highest BCUT2D eigenvalue weighted by Gasteiger charge is 2.52. The summed E-state index contributed by atoms with van der Waals surface area (Å²) < 4.78 is 17.5. The van der Waals surface area contributed by atoms with Gasteiger partial charge in [0.2, 0.25) is 0 Å². The fourth-order valence-electron chi connectivity index (χ4n) is 2.98. The molecule has 0 unspecified atom stereocenters. The van der Waals surface area contributed by atoms with Gasteiger partial charge in [-0.2, -0.15) is 0 Å². The molecule has 0 atom stereocenters. The van der Waals surface area contributed by atoms with Crippen LogP contribution in [0.4, 0.5) is 0 Å². The number of nitrogens with zero attached hydrogens (tertiary/aromatic N) is 2. The third kappa shape index (κ3) is 2.74. The molecule has 0 aliphatic carbocycles. The number of hydrogen-bond acceptors (Lipinski definition) is 4. The summed E-state index contributed by atoms with van der Waals surface area (Å²) in [7, 11) is -2.26. The van der Waals surface area contributed by atoms with Crippen molar-refractivity contribution in [3.05, 3.63) is 0 Å². The molecule has 0 bridgehead atoms. The lowest BCUT2D eigenvalue weighted by Gasteiger charge is -2.42. The van der Waals surface area contributed by atoms with Crippen LogP contribution in [-0.2, 0) is 8.85 Å². The standard InChI is InChI=1S/C12H26N2O2Si/c1-3-15-17(16-4-2,13-9-5-6-10-13)14-11-7-8-12-14/h3-12H2,1-2H3. The Morgan fingerprint density at radius 1 is 0.765 bits per heavy atom. The van der Waals surface area contributed by atoms with Crippen LogP contribution in [0.5, 0.6) is 0 Å². The minimum Gasteiger partial charge on any atom is -0.371 e. The second-order valence-electron chi connectivity index (χ2n) is 4.80. The third-order valence-electron chi connectivity index (χ3n) is 3.68. The van der Waals surface area contributed by atoms with Crippen molar-refractivity contribution in [2.45, 2.75) is 39.5 Å². The summed E-state index contributed by atoms with van der Waals surface area (Å²) >= 11 is 0. The van der Waals surface area contributed by atoms with E-state index in [4.69, 9.17) is 8.85 Å². The molecule has 2 aliphatic heterocycles. The quantitative estimate of drug-likeness (QED) is 0.677. The van der Waals surface area contributed by atoms with E-state index in [0.717, 1.165) is 39.4 Å². The number of rotatable bonds is 6. The van der Waals surface area contributed by atoms with Gasteiger partial charge >= 0.3 is 8.88 Å². The first-order valence-electron chi connectivity index (χ1n) is 7.11. The smallest absolute Gasteiger partial charge is 0.371 e. The van der Waals surface area contributed by atoms with E-state index in [1.165, 1.54) is 25.7 Å². The Kier molecular flexibility index (Phi) is 4.99. The zero-order valence-electron chi connectivity index (χ0n) is 11.3. The molecule has 2 heterocycles. The first-order chi connectivity index (χ1) is 8.33. The van der Waals surface area contributed by atoms with Gasteiger partial charge in [0.15, 0.2) is 0 Å². The van der Waals surface area contributed by atoms with Crippen molar-refractivity contribution in [3.8, 4) is 0 Å². The molecule has 100 valence electrons. The van der Waals surface area contributed by atoms with Gasteiger partial charge in [-0.25, -0.2) is 0 Å². The summed E-state index contributed by atoms with van der Waals surface area (Å²) in [5, 5.41) is 0. The van der Waals surface area contributed by atoms with Gasteiger partial charge in [0.25, 0.3) is 0 Å². The molecular weight excluding hydrogens is 232 g/mol.